The summed E-state index contributed by atoms with van der Waals surface area (Å²) in [5.41, 5.74) is -0.423. The van der Waals surface area contributed by atoms with Gasteiger partial charge in [0.25, 0.3) is 0 Å². The number of hydrogen-bond acceptors (Lipinski definition) is 2. The third-order valence-corrected chi connectivity index (χ3v) is 2.53. The van der Waals surface area contributed by atoms with E-state index in [4.69, 9.17) is 9.84 Å². The largest absolute Gasteiger partial charge is 0.497 e. The molecule has 0 bridgehead atoms. The molecule has 0 fully saturated rings. The van der Waals surface area contributed by atoms with Crippen molar-refractivity contribution in [1.82, 2.24) is 0 Å². The maximum absolute atomic E-state index is 13.7. The van der Waals surface area contributed by atoms with E-state index in [-0.39, 0.29) is 5.75 Å². The summed E-state index contributed by atoms with van der Waals surface area (Å²) in [6.07, 6.45) is 0. The molecule has 0 saturated carbocycles. The number of halogens is 2. The van der Waals surface area contributed by atoms with Crippen LogP contribution in [0, 0.1) is 17.6 Å². The molecular formula is C12H14F2O3. The SMILES string of the molecule is COc1cc(F)c(C(C(=O)O)C(C)C)c(F)c1. The topological polar surface area (TPSA) is 46.5 Å². The van der Waals surface area contributed by atoms with Crippen LogP contribution in [0.2, 0.25) is 0 Å². The minimum absolute atomic E-state index is 0.0247. The maximum atomic E-state index is 13.7. The van der Waals surface area contributed by atoms with Gasteiger partial charge in [-0.3, -0.25) is 4.79 Å². The molecule has 3 nitrogen and oxygen atoms in total. The zero-order valence-corrected chi connectivity index (χ0v) is 9.83. The Kier molecular flexibility index (Phi) is 4.04. The highest BCUT2D eigenvalue weighted by molar-refractivity contribution is 5.76. The van der Waals surface area contributed by atoms with E-state index in [2.05, 4.69) is 0 Å². The smallest absolute Gasteiger partial charge is 0.311 e. The Morgan fingerprint density at radius 3 is 2.06 bits per heavy atom. The number of carbonyl (C=O) groups is 1. The molecule has 1 atom stereocenters. The fraction of sp³-hybridized carbons (Fsp3) is 0.417. The van der Waals surface area contributed by atoms with Crippen molar-refractivity contribution in [2.75, 3.05) is 7.11 Å². The lowest BCUT2D eigenvalue weighted by molar-refractivity contribution is -0.140. The highest BCUT2D eigenvalue weighted by Gasteiger charge is 2.30. The number of benzene rings is 1. The van der Waals surface area contributed by atoms with Crippen LogP contribution >= 0.6 is 0 Å². The molecule has 17 heavy (non-hydrogen) atoms. The van der Waals surface area contributed by atoms with Crippen LogP contribution in [0.1, 0.15) is 25.3 Å². The summed E-state index contributed by atoms with van der Waals surface area (Å²) in [7, 11) is 1.28. The molecule has 1 aromatic rings. The molecule has 0 heterocycles. The van der Waals surface area contributed by atoms with E-state index in [1.165, 1.54) is 7.11 Å². The highest BCUT2D eigenvalue weighted by Crippen LogP contribution is 2.31. The second-order valence-electron chi connectivity index (χ2n) is 4.06. The Morgan fingerprint density at radius 1 is 1.29 bits per heavy atom. The van der Waals surface area contributed by atoms with Crippen molar-refractivity contribution >= 4 is 5.97 Å². The molecule has 1 N–H and O–H groups in total. The minimum Gasteiger partial charge on any atom is -0.497 e. The first-order valence-corrected chi connectivity index (χ1v) is 5.14. The lowest BCUT2D eigenvalue weighted by Crippen LogP contribution is -2.20. The molecule has 0 saturated heterocycles. The van der Waals surface area contributed by atoms with Gasteiger partial charge in [0.2, 0.25) is 0 Å². The van der Waals surface area contributed by atoms with Gasteiger partial charge in [0, 0.05) is 17.7 Å². The Morgan fingerprint density at radius 2 is 1.76 bits per heavy atom. The van der Waals surface area contributed by atoms with Crippen molar-refractivity contribution in [3.8, 4) is 5.75 Å². The second kappa shape index (κ2) is 5.12. The lowest BCUT2D eigenvalue weighted by atomic mass is 9.88. The first-order valence-electron chi connectivity index (χ1n) is 5.14. The van der Waals surface area contributed by atoms with Crippen LogP contribution in [0.25, 0.3) is 0 Å². The fourth-order valence-electron chi connectivity index (χ4n) is 1.72. The second-order valence-corrected chi connectivity index (χ2v) is 4.06. The van der Waals surface area contributed by atoms with Crippen molar-refractivity contribution in [2.45, 2.75) is 19.8 Å². The monoisotopic (exact) mass is 244 g/mol. The normalized spacial score (nSPS) is 12.6. The van der Waals surface area contributed by atoms with Gasteiger partial charge >= 0.3 is 5.97 Å². The fourth-order valence-corrected chi connectivity index (χ4v) is 1.72. The van der Waals surface area contributed by atoms with Crippen LogP contribution in [-0.4, -0.2) is 18.2 Å². The quantitative estimate of drug-likeness (QED) is 0.885. The van der Waals surface area contributed by atoms with Gasteiger partial charge in [0.1, 0.15) is 17.4 Å². The van der Waals surface area contributed by atoms with Crippen molar-refractivity contribution in [3.05, 3.63) is 29.3 Å². The zero-order chi connectivity index (χ0) is 13.2. The summed E-state index contributed by atoms with van der Waals surface area (Å²) < 4.78 is 32.1. The predicted octanol–water partition coefficient (Wildman–Crippen LogP) is 2.80. The third-order valence-electron chi connectivity index (χ3n) is 2.53. The van der Waals surface area contributed by atoms with Crippen molar-refractivity contribution in [3.63, 3.8) is 0 Å². The van der Waals surface area contributed by atoms with Gasteiger partial charge in [-0.05, 0) is 5.92 Å². The zero-order valence-electron chi connectivity index (χ0n) is 9.83. The number of aliphatic carboxylic acids is 1. The molecule has 94 valence electrons. The van der Waals surface area contributed by atoms with Crippen molar-refractivity contribution in [2.24, 2.45) is 5.92 Å². The summed E-state index contributed by atoms with van der Waals surface area (Å²) in [6.45, 7) is 3.20. The number of carboxylic acid groups (broad SMARTS) is 1. The standard InChI is InChI=1S/C12H14F2O3/c1-6(2)10(12(15)16)11-8(13)4-7(17-3)5-9(11)14/h4-6,10H,1-3H3,(H,15,16). The molecule has 0 aliphatic rings. The van der Waals surface area contributed by atoms with E-state index in [0.29, 0.717) is 0 Å². The number of rotatable bonds is 4. The summed E-state index contributed by atoms with van der Waals surface area (Å²) in [6, 6.07) is 1.97. The van der Waals surface area contributed by atoms with E-state index in [9.17, 15) is 13.6 Å². The number of hydrogen-bond donors (Lipinski definition) is 1. The number of ether oxygens (including phenoxy) is 1. The van der Waals surface area contributed by atoms with Crippen LogP contribution in [0.3, 0.4) is 0 Å². The van der Waals surface area contributed by atoms with Gasteiger partial charge in [0.15, 0.2) is 0 Å². The first-order chi connectivity index (χ1) is 7.88. The van der Waals surface area contributed by atoms with Crippen LogP contribution < -0.4 is 4.74 Å². The molecule has 0 amide bonds. The van der Waals surface area contributed by atoms with Crippen molar-refractivity contribution < 1.29 is 23.4 Å². The van der Waals surface area contributed by atoms with Crippen LogP contribution in [0.15, 0.2) is 12.1 Å². The van der Waals surface area contributed by atoms with E-state index >= 15 is 0 Å². The summed E-state index contributed by atoms with van der Waals surface area (Å²) >= 11 is 0. The van der Waals surface area contributed by atoms with Gasteiger partial charge in [-0.1, -0.05) is 13.8 Å². The Balaban J connectivity index is 3.34. The van der Waals surface area contributed by atoms with Gasteiger partial charge in [-0.25, -0.2) is 8.78 Å². The molecule has 1 rings (SSSR count). The molecule has 1 aromatic carbocycles. The Bertz CT molecular complexity index is 407. The number of methoxy groups -OCH3 is 1. The average Bonchev–Trinajstić information content (AvgIpc) is 2.21. The van der Waals surface area contributed by atoms with Gasteiger partial charge < -0.3 is 9.84 Å². The minimum atomic E-state index is -1.25. The third kappa shape index (κ3) is 2.72. The van der Waals surface area contributed by atoms with Crippen LogP contribution in [-0.2, 0) is 4.79 Å². The average molecular weight is 244 g/mol. The molecular weight excluding hydrogens is 230 g/mol. The summed E-state index contributed by atoms with van der Waals surface area (Å²) in [4.78, 5) is 11.0. The first kappa shape index (κ1) is 13.4. The van der Waals surface area contributed by atoms with Gasteiger partial charge in [0.05, 0.1) is 13.0 Å². The molecule has 0 aliphatic heterocycles. The Hall–Kier alpha value is -1.65. The maximum Gasteiger partial charge on any atom is 0.311 e. The number of carboxylic acids is 1. The molecule has 1 unspecified atom stereocenters. The summed E-state index contributed by atoms with van der Waals surface area (Å²) in [5, 5.41) is 9.01. The van der Waals surface area contributed by atoms with Gasteiger partial charge in [-0.2, -0.15) is 0 Å². The highest BCUT2D eigenvalue weighted by atomic mass is 19.1. The predicted molar refractivity (Wildman–Crippen MR) is 58.1 cm³/mol. The van der Waals surface area contributed by atoms with E-state index in [1.807, 2.05) is 0 Å². The molecule has 0 spiro atoms. The van der Waals surface area contributed by atoms with Crippen LogP contribution in [0.4, 0.5) is 8.78 Å². The summed E-state index contributed by atoms with van der Waals surface area (Å²) in [5.74, 6) is -4.64. The molecule has 0 aliphatic carbocycles. The van der Waals surface area contributed by atoms with E-state index in [0.717, 1.165) is 12.1 Å². The molecule has 0 radical (unpaired) electrons. The molecule has 5 heteroatoms. The van der Waals surface area contributed by atoms with Crippen molar-refractivity contribution in [1.29, 1.82) is 0 Å². The van der Waals surface area contributed by atoms with E-state index < -0.39 is 35.0 Å². The molecule has 0 aromatic heterocycles. The van der Waals surface area contributed by atoms with Gasteiger partial charge in [-0.15, -0.1) is 0 Å². The lowest BCUT2D eigenvalue weighted by Gasteiger charge is -2.18. The Labute approximate surface area is 98.0 Å². The van der Waals surface area contributed by atoms with E-state index in [1.54, 1.807) is 13.8 Å². The van der Waals surface area contributed by atoms with Crippen LogP contribution in [0.5, 0.6) is 5.75 Å².